The van der Waals surface area contributed by atoms with E-state index in [1.165, 1.54) is 12.1 Å². The first-order chi connectivity index (χ1) is 12.4. The van der Waals surface area contributed by atoms with E-state index in [-0.39, 0.29) is 28.2 Å². The quantitative estimate of drug-likeness (QED) is 0.633. The molecule has 26 heavy (non-hydrogen) atoms. The van der Waals surface area contributed by atoms with Crippen molar-refractivity contribution in [1.29, 1.82) is 0 Å². The first kappa shape index (κ1) is 18.0. The molecular weight excluding hydrogens is 379 g/mol. The molecule has 0 unspecified atom stereocenters. The molecule has 0 saturated heterocycles. The molecule has 0 aliphatic rings. The number of carbonyl (C=O) groups excluding carboxylic acids is 1. The summed E-state index contributed by atoms with van der Waals surface area (Å²) >= 11 is 12.0. The van der Waals surface area contributed by atoms with Crippen LogP contribution in [0.15, 0.2) is 40.9 Å². The zero-order chi connectivity index (χ0) is 18.7. The van der Waals surface area contributed by atoms with Crippen molar-refractivity contribution in [2.24, 2.45) is 0 Å². The molecule has 0 atom stereocenters. The van der Waals surface area contributed by atoms with Crippen molar-refractivity contribution in [3.05, 3.63) is 63.7 Å². The monoisotopic (exact) mass is 392 g/mol. The Labute approximate surface area is 159 Å². The maximum Gasteiger partial charge on any atom is 0.259 e. The van der Waals surface area contributed by atoms with E-state index in [9.17, 15) is 4.79 Å². The zero-order valence-electron chi connectivity index (χ0n) is 13.6. The first-order valence-electron chi connectivity index (χ1n) is 7.51. The van der Waals surface area contributed by atoms with E-state index in [2.05, 4.69) is 15.5 Å². The molecule has 2 aromatic carbocycles. The summed E-state index contributed by atoms with van der Waals surface area (Å²) in [6.45, 7) is 1.75. The molecule has 0 fully saturated rings. The number of carbonyl (C=O) groups is 1. The van der Waals surface area contributed by atoms with Crippen LogP contribution in [0.1, 0.15) is 22.1 Å². The van der Waals surface area contributed by atoms with Crippen LogP contribution < -0.4 is 15.8 Å². The van der Waals surface area contributed by atoms with Gasteiger partial charge in [-0.25, -0.2) is 0 Å². The summed E-state index contributed by atoms with van der Waals surface area (Å²) < 4.78 is 10.5. The largest absolute Gasteiger partial charge is 0.485 e. The van der Waals surface area contributed by atoms with Gasteiger partial charge in [-0.15, -0.1) is 0 Å². The number of benzene rings is 2. The van der Waals surface area contributed by atoms with Crippen LogP contribution in [0.2, 0.25) is 10.0 Å². The lowest BCUT2D eigenvalue weighted by Gasteiger charge is -2.12. The fourth-order valence-electron chi connectivity index (χ4n) is 2.18. The second kappa shape index (κ2) is 7.63. The van der Waals surface area contributed by atoms with Crippen molar-refractivity contribution in [2.45, 2.75) is 13.5 Å². The molecule has 3 aromatic rings. The van der Waals surface area contributed by atoms with Gasteiger partial charge < -0.3 is 20.3 Å². The number of aryl methyl sites for hydroxylation is 1. The van der Waals surface area contributed by atoms with Crippen molar-refractivity contribution in [3.8, 4) is 5.75 Å². The number of ether oxygens (including phenoxy) is 1. The lowest BCUT2D eigenvalue weighted by Crippen LogP contribution is -2.14. The predicted molar refractivity (Wildman–Crippen MR) is 98.6 cm³/mol. The molecule has 0 aliphatic carbocycles. The smallest absolute Gasteiger partial charge is 0.259 e. The van der Waals surface area contributed by atoms with Gasteiger partial charge in [0.2, 0.25) is 11.7 Å². The van der Waals surface area contributed by atoms with Gasteiger partial charge in [0.25, 0.3) is 5.91 Å². The topological polar surface area (TPSA) is 103 Å². The Hall–Kier alpha value is -2.77. The van der Waals surface area contributed by atoms with Gasteiger partial charge in [0.05, 0.1) is 21.3 Å². The molecule has 9 heteroatoms. The van der Waals surface area contributed by atoms with Crippen molar-refractivity contribution in [1.82, 2.24) is 10.1 Å². The lowest BCUT2D eigenvalue weighted by atomic mass is 10.2. The van der Waals surface area contributed by atoms with Gasteiger partial charge in [0.1, 0.15) is 5.75 Å². The molecule has 1 aromatic heterocycles. The summed E-state index contributed by atoms with van der Waals surface area (Å²) in [5, 5.41) is 6.97. The van der Waals surface area contributed by atoms with Gasteiger partial charge in [-0.05, 0) is 24.3 Å². The Morgan fingerprint density at radius 2 is 1.96 bits per heavy atom. The minimum Gasteiger partial charge on any atom is -0.485 e. The molecule has 3 rings (SSSR count). The number of nitrogens with one attached hydrogen (secondary N) is 1. The third-order valence-electron chi connectivity index (χ3n) is 3.40. The average Bonchev–Trinajstić information content (AvgIpc) is 3.03. The minimum atomic E-state index is -0.387. The van der Waals surface area contributed by atoms with Gasteiger partial charge in [-0.2, -0.15) is 4.98 Å². The molecule has 0 bridgehead atoms. The third kappa shape index (κ3) is 4.07. The third-order valence-corrected chi connectivity index (χ3v) is 4.02. The second-order valence-corrected chi connectivity index (χ2v) is 6.14. The number of anilines is 2. The summed E-state index contributed by atoms with van der Waals surface area (Å²) in [6, 6.07) is 9.82. The molecule has 1 heterocycles. The number of hydrogen-bond donors (Lipinski definition) is 2. The Bertz CT molecular complexity index is 936. The fraction of sp³-hybridized carbons (Fsp3) is 0.118. The SMILES string of the molecule is Cc1nc(COc2ccccc2C(=O)Nc2cc(Cl)c(N)c(Cl)c2)no1. The lowest BCUT2D eigenvalue weighted by molar-refractivity contribution is 0.102. The molecule has 3 N–H and O–H groups in total. The standard InChI is InChI=1S/C17H14Cl2N4O3/c1-9-21-15(23-26-9)8-25-14-5-3-2-4-11(14)17(24)22-10-6-12(18)16(20)13(19)7-10/h2-7H,8,20H2,1H3,(H,22,24). The number of nitrogens with zero attached hydrogens (tertiary/aromatic N) is 2. The van der Waals surface area contributed by atoms with Gasteiger partial charge in [-0.3, -0.25) is 4.79 Å². The molecule has 1 amide bonds. The van der Waals surface area contributed by atoms with E-state index < -0.39 is 0 Å². The summed E-state index contributed by atoms with van der Waals surface area (Å²) in [5.41, 5.74) is 6.70. The Morgan fingerprint density at radius 3 is 2.62 bits per heavy atom. The number of hydrogen-bond acceptors (Lipinski definition) is 6. The molecule has 7 nitrogen and oxygen atoms in total. The van der Waals surface area contributed by atoms with Crippen molar-refractivity contribution < 1.29 is 14.1 Å². The maximum atomic E-state index is 12.6. The zero-order valence-corrected chi connectivity index (χ0v) is 15.1. The van der Waals surface area contributed by atoms with Crippen LogP contribution in [0.5, 0.6) is 5.75 Å². The molecule has 0 aliphatic heterocycles. The Kier molecular flexibility index (Phi) is 5.29. The predicted octanol–water partition coefficient (Wildman–Crippen LogP) is 4.10. The van der Waals surface area contributed by atoms with Crippen LogP contribution in [0.25, 0.3) is 0 Å². The van der Waals surface area contributed by atoms with E-state index in [1.807, 2.05) is 0 Å². The summed E-state index contributed by atoms with van der Waals surface area (Å²) in [4.78, 5) is 16.7. The van der Waals surface area contributed by atoms with E-state index in [1.54, 1.807) is 31.2 Å². The highest BCUT2D eigenvalue weighted by molar-refractivity contribution is 6.39. The van der Waals surface area contributed by atoms with E-state index in [0.717, 1.165) is 0 Å². The minimum absolute atomic E-state index is 0.0706. The Morgan fingerprint density at radius 1 is 1.27 bits per heavy atom. The number of nitrogen functional groups attached to an aromatic ring is 1. The van der Waals surface area contributed by atoms with Gasteiger partial charge in [0.15, 0.2) is 6.61 Å². The number of rotatable bonds is 5. The van der Waals surface area contributed by atoms with Crippen LogP contribution in [-0.4, -0.2) is 16.0 Å². The van der Waals surface area contributed by atoms with E-state index in [0.29, 0.717) is 28.7 Å². The van der Waals surface area contributed by atoms with E-state index >= 15 is 0 Å². The average molecular weight is 393 g/mol. The van der Waals surface area contributed by atoms with Crippen LogP contribution in [0.4, 0.5) is 11.4 Å². The van der Waals surface area contributed by atoms with E-state index in [4.69, 9.17) is 38.2 Å². The number of para-hydroxylation sites is 1. The maximum absolute atomic E-state index is 12.6. The second-order valence-electron chi connectivity index (χ2n) is 5.32. The van der Waals surface area contributed by atoms with Crippen molar-refractivity contribution >= 4 is 40.5 Å². The van der Waals surface area contributed by atoms with Crippen molar-refractivity contribution in [3.63, 3.8) is 0 Å². The van der Waals surface area contributed by atoms with Gasteiger partial charge >= 0.3 is 0 Å². The van der Waals surface area contributed by atoms with Crippen LogP contribution in [-0.2, 0) is 6.61 Å². The highest BCUT2D eigenvalue weighted by atomic mass is 35.5. The molecule has 0 radical (unpaired) electrons. The number of amides is 1. The molecule has 0 spiro atoms. The fourth-order valence-corrected chi connectivity index (χ4v) is 2.66. The van der Waals surface area contributed by atoms with Crippen LogP contribution >= 0.6 is 23.2 Å². The summed E-state index contributed by atoms with van der Waals surface area (Å²) in [5.74, 6) is 0.809. The van der Waals surface area contributed by atoms with Gasteiger partial charge in [-0.1, -0.05) is 40.5 Å². The first-order valence-corrected chi connectivity index (χ1v) is 8.26. The summed E-state index contributed by atoms with van der Waals surface area (Å²) in [7, 11) is 0. The number of nitrogens with two attached hydrogens (primary N) is 1. The number of halogens is 2. The van der Waals surface area contributed by atoms with Crippen LogP contribution in [0.3, 0.4) is 0 Å². The molecule has 0 saturated carbocycles. The highest BCUT2D eigenvalue weighted by Gasteiger charge is 2.15. The van der Waals surface area contributed by atoms with Gasteiger partial charge in [0, 0.05) is 12.6 Å². The van der Waals surface area contributed by atoms with Crippen molar-refractivity contribution in [2.75, 3.05) is 11.1 Å². The molecular formula is C17H14Cl2N4O3. The summed E-state index contributed by atoms with van der Waals surface area (Å²) in [6.07, 6.45) is 0. The Balaban J connectivity index is 1.77. The molecule has 134 valence electrons. The van der Waals surface area contributed by atoms with Crippen LogP contribution in [0, 0.1) is 6.92 Å². The normalized spacial score (nSPS) is 10.6. The highest BCUT2D eigenvalue weighted by Crippen LogP contribution is 2.31. The number of aromatic nitrogens is 2.